The zero-order valence-corrected chi connectivity index (χ0v) is 14.2. The summed E-state index contributed by atoms with van der Waals surface area (Å²) in [4.78, 5) is 2.92. The predicted molar refractivity (Wildman–Crippen MR) is 82.4 cm³/mol. The third-order valence-corrected chi connectivity index (χ3v) is 5.70. The van der Waals surface area contributed by atoms with E-state index in [-0.39, 0.29) is 17.4 Å². The Balaban J connectivity index is 2.96. The summed E-state index contributed by atoms with van der Waals surface area (Å²) in [5.74, 6) is 0.267. The lowest BCUT2D eigenvalue weighted by Crippen LogP contribution is -2.38. The van der Waals surface area contributed by atoms with Crippen molar-refractivity contribution in [2.45, 2.75) is 25.3 Å². The van der Waals surface area contributed by atoms with Crippen LogP contribution >= 0.6 is 11.3 Å². The average molecular weight is 320 g/mol. The van der Waals surface area contributed by atoms with Crippen LogP contribution in [-0.4, -0.2) is 56.5 Å². The Hall–Kier alpha value is -0.470. The Labute approximate surface area is 125 Å². The summed E-state index contributed by atoms with van der Waals surface area (Å²) in [6.07, 6.45) is 0. The third kappa shape index (κ3) is 4.82. The van der Waals surface area contributed by atoms with Crippen LogP contribution in [0.3, 0.4) is 0 Å². The van der Waals surface area contributed by atoms with Gasteiger partial charge >= 0.3 is 0 Å². The molecule has 0 aliphatic rings. The zero-order chi connectivity index (χ0) is 15.3. The van der Waals surface area contributed by atoms with E-state index in [0.29, 0.717) is 24.5 Å². The summed E-state index contributed by atoms with van der Waals surface area (Å²) in [6, 6.07) is 1.56. The van der Waals surface area contributed by atoms with Crippen molar-refractivity contribution in [2.75, 3.05) is 33.7 Å². The lowest BCUT2D eigenvalue weighted by atomic mass is 10.2. The molecular formula is C13H24N2O3S2. The van der Waals surface area contributed by atoms with E-state index in [0.717, 1.165) is 0 Å². The van der Waals surface area contributed by atoms with Gasteiger partial charge in [0, 0.05) is 29.9 Å². The van der Waals surface area contributed by atoms with Crippen molar-refractivity contribution < 1.29 is 13.5 Å². The Kier molecular flexibility index (Phi) is 6.60. The first-order chi connectivity index (χ1) is 9.27. The molecule has 20 heavy (non-hydrogen) atoms. The maximum atomic E-state index is 12.6. The van der Waals surface area contributed by atoms with E-state index in [1.54, 1.807) is 11.4 Å². The van der Waals surface area contributed by atoms with Crippen molar-refractivity contribution in [1.82, 2.24) is 9.21 Å². The standard InChI is InChI=1S/C13H24N2O3S2/c1-11(2)8-15(6-5-14(3)4)20(17,18)13-7-12(9-16)19-10-13/h7,10-11,16H,5-6,8-9H2,1-4H3. The normalized spacial score (nSPS) is 12.8. The molecule has 0 saturated heterocycles. The largest absolute Gasteiger partial charge is 0.391 e. The van der Waals surface area contributed by atoms with Gasteiger partial charge in [-0.1, -0.05) is 13.8 Å². The number of aliphatic hydroxyl groups is 1. The fraction of sp³-hybridized carbons (Fsp3) is 0.692. The third-order valence-electron chi connectivity index (χ3n) is 2.79. The number of nitrogens with zero attached hydrogens (tertiary/aromatic N) is 2. The summed E-state index contributed by atoms with van der Waals surface area (Å²) < 4.78 is 26.8. The lowest BCUT2D eigenvalue weighted by Gasteiger charge is -2.24. The van der Waals surface area contributed by atoms with Crippen LogP contribution in [0.15, 0.2) is 16.3 Å². The van der Waals surface area contributed by atoms with Gasteiger partial charge in [0.25, 0.3) is 0 Å². The van der Waals surface area contributed by atoms with Crippen LogP contribution in [0.25, 0.3) is 0 Å². The van der Waals surface area contributed by atoms with Gasteiger partial charge in [0.05, 0.1) is 11.5 Å². The Morgan fingerprint density at radius 2 is 1.95 bits per heavy atom. The van der Waals surface area contributed by atoms with Crippen LogP contribution in [0.1, 0.15) is 18.7 Å². The molecule has 1 heterocycles. The predicted octanol–water partition coefficient (Wildman–Crippen LogP) is 1.45. The highest BCUT2D eigenvalue weighted by Crippen LogP contribution is 2.23. The molecule has 0 aliphatic carbocycles. The van der Waals surface area contributed by atoms with Gasteiger partial charge in [-0.15, -0.1) is 11.3 Å². The molecule has 0 amide bonds. The highest BCUT2D eigenvalue weighted by atomic mass is 32.2. The molecule has 0 bridgehead atoms. The Morgan fingerprint density at radius 1 is 1.30 bits per heavy atom. The molecule has 0 atom stereocenters. The van der Waals surface area contributed by atoms with Gasteiger partial charge in [-0.25, -0.2) is 8.42 Å². The second-order valence-electron chi connectivity index (χ2n) is 5.47. The molecule has 1 N–H and O–H groups in total. The minimum Gasteiger partial charge on any atom is -0.391 e. The van der Waals surface area contributed by atoms with Crippen LogP contribution < -0.4 is 0 Å². The fourth-order valence-corrected chi connectivity index (χ4v) is 4.47. The van der Waals surface area contributed by atoms with Crippen LogP contribution in [0, 0.1) is 5.92 Å². The molecule has 0 aromatic carbocycles. The molecule has 1 rings (SSSR count). The van der Waals surface area contributed by atoms with Crippen molar-refractivity contribution >= 4 is 21.4 Å². The van der Waals surface area contributed by atoms with E-state index in [4.69, 9.17) is 5.11 Å². The highest BCUT2D eigenvalue weighted by molar-refractivity contribution is 7.89. The summed E-state index contributed by atoms with van der Waals surface area (Å²) in [6.45, 7) is 5.54. The van der Waals surface area contributed by atoms with Gasteiger partial charge in [-0.05, 0) is 26.1 Å². The summed E-state index contributed by atoms with van der Waals surface area (Å²) in [5.41, 5.74) is 0. The maximum Gasteiger partial charge on any atom is 0.243 e. The molecule has 0 fully saturated rings. The van der Waals surface area contributed by atoms with Gasteiger partial charge < -0.3 is 10.0 Å². The molecule has 0 saturated carbocycles. The van der Waals surface area contributed by atoms with Gasteiger partial charge in [0.1, 0.15) is 0 Å². The average Bonchev–Trinajstić information content (AvgIpc) is 2.83. The van der Waals surface area contributed by atoms with E-state index in [2.05, 4.69) is 0 Å². The number of aliphatic hydroxyl groups excluding tert-OH is 1. The fourth-order valence-electron chi connectivity index (χ4n) is 1.76. The zero-order valence-electron chi connectivity index (χ0n) is 12.5. The molecule has 0 unspecified atom stereocenters. The number of rotatable bonds is 8. The molecular weight excluding hydrogens is 296 g/mol. The van der Waals surface area contributed by atoms with E-state index < -0.39 is 10.0 Å². The first kappa shape index (κ1) is 17.6. The summed E-state index contributed by atoms with van der Waals surface area (Å²) >= 11 is 1.27. The number of likely N-dealkylation sites (N-methyl/N-ethyl adjacent to an activating group) is 1. The van der Waals surface area contributed by atoms with Crippen molar-refractivity contribution in [1.29, 1.82) is 0 Å². The Bertz CT molecular complexity index is 509. The van der Waals surface area contributed by atoms with Crippen molar-refractivity contribution in [2.24, 2.45) is 5.92 Å². The number of hydrogen-bond donors (Lipinski definition) is 1. The van der Waals surface area contributed by atoms with Gasteiger partial charge in [-0.2, -0.15) is 4.31 Å². The second-order valence-corrected chi connectivity index (χ2v) is 8.40. The number of sulfonamides is 1. The summed E-state index contributed by atoms with van der Waals surface area (Å²) in [5, 5.41) is 10.7. The van der Waals surface area contributed by atoms with Crippen LogP contribution in [0.2, 0.25) is 0 Å². The monoisotopic (exact) mass is 320 g/mol. The van der Waals surface area contributed by atoms with E-state index >= 15 is 0 Å². The quantitative estimate of drug-likeness (QED) is 0.787. The summed E-state index contributed by atoms with van der Waals surface area (Å²) in [7, 11) is 0.375. The molecule has 5 nitrogen and oxygen atoms in total. The molecule has 116 valence electrons. The molecule has 0 spiro atoms. The minimum atomic E-state index is -3.48. The maximum absolute atomic E-state index is 12.6. The van der Waals surface area contributed by atoms with E-state index in [9.17, 15) is 8.42 Å². The van der Waals surface area contributed by atoms with Gasteiger partial charge in [0.15, 0.2) is 0 Å². The number of thiophene rings is 1. The molecule has 1 aromatic heterocycles. The topological polar surface area (TPSA) is 60.9 Å². The van der Waals surface area contributed by atoms with Crippen LogP contribution in [0.5, 0.6) is 0 Å². The highest BCUT2D eigenvalue weighted by Gasteiger charge is 2.26. The smallest absolute Gasteiger partial charge is 0.243 e. The van der Waals surface area contributed by atoms with E-state index in [1.165, 1.54) is 15.6 Å². The first-order valence-corrected chi connectivity index (χ1v) is 8.92. The molecule has 0 radical (unpaired) electrons. The van der Waals surface area contributed by atoms with Gasteiger partial charge in [0.2, 0.25) is 10.0 Å². The number of hydrogen-bond acceptors (Lipinski definition) is 5. The minimum absolute atomic E-state index is 0.123. The molecule has 7 heteroatoms. The van der Waals surface area contributed by atoms with Gasteiger partial charge in [-0.3, -0.25) is 0 Å². The van der Waals surface area contributed by atoms with Crippen molar-refractivity contribution in [3.63, 3.8) is 0 Å². The molecule has 0 aliphatic heterocycles. The van der Waals surface area contributed by atoms with Crippen molar-refractivity contribution in [3.8, 4) is 0 Å². The SMILES string of the molecule is CC(C)CN(CCN(C)C)S(=O)(=O)c1csc(CO)c1. The molecule has 1 aromatic rings. The van der Waals surface area contributed by atoms with Crippen LogP contribution in [-0.2, 0) is 16.6 Å². The van der Waals surface area contributed by atoms with E-state index in [1.807, 2.05) is 32.8 Å². The first-order valence-electron chi connectivity index (χ1n) is 6.60. The lowest BCUT2D eigenvalue weighted by molar-refractivity contribution is 0.285. The Morgan fingerprint density at radius 3 is 2.40 bits per heavy atom. The van der Waals surface area contributed by atoms with Crippen LogP contribution in [0.4, 0.5) is 0 Å². The van der Waals surface area contributed by atoms with Crippen molar-refractivity contribution in [3.05, 3.63) is 16.3 Å². The second kappa shape index (κ2) is 7.51.